The lowest BCUT2D eigenvalue weighted by atomic mass is 9.92. The number of methoxy groups -OCH3 is 1. The smallest absolute Gasteiger partial charge is 0.221 e. The number of benzene rings is 1. The fraction of sp³-hybridized carbons (Fsp3) is 0.562. The Hall–Kier alpha value is -1.55. The van der Waals surface area contributed by atoms with Crippen molar-refractivity contribution in [1.82, 2.24) is 0 Å². The zero-order chi connectivity index (χ0) is 14.5. The molecule has 0 saturated heterocycles. The van der Waals surface area contributed by atoms with E-state index in [2.05, 4.69) is 16.7 Å². The van der Waals surface area contributed by atoms with Gasteiger partial charge in [0.2, 0.25) is 5.91 Å². The van der Waals surface area contributed by atoms with Gasteiger partial charge in [-0.15, -0.1) is 0 Å². The summed E-state index contributed by atoms with van der Waals surface area (Å²) in [4.78, 5) is 11.2. The number of anilines is 2. The molecule has 110 valence electrons. The molecule has 1 saturated carbocycles. The van der Waals surface area contributed by atoms with Crippen LogP contribution in [0.2, 0.25) is 0 Å². The summed E-state index contributed by atoms with van der Waals surface area (Å²) in [6.07, 6.45) is 4.98. The van der Waals surface area contributed by atoms with E-state index in [0.717, 1.165) is 29.8 Å². The van der Waals surface area contributed by atoms with Crippen molar-refractivity contribution < 1.29 is 9.53 Å². The van der Waals surface area contributed by atoms with Gasteiger partial charge in [-0.3, -0.25) is 4.79 Å². The molecular weight excluding hydrogens is 252 g/mol. The maximum absolute atomic E-state index is 11.2. The Morgan fingerprint density at radius 3 is 2.75 bits per heavy atom. The van der Waals surface area contributed by atoms with Crippen LogP contribution in [0.1, 0.15) is 38.2 Å². The van der Waals surface area contributed by atoms with Gasteiger partial charge >= 0.3 is 0 Å². The van der Waals surface area contributed by atoms with E-state index in [4.69, 9.17) is 4.74 Å². The molecule has 0 spiro atoms. The molecule has 1 fully saturated rings. The van der Waals surface area contributed by atoms with Crippen LogP contribution in [0.3, 0.4) is 0 Å². The third-order valence-electron chi connectivity index (χ3n) is 3.91. The Bertz CT molecular complexity index is 474. The standard InChI is InChI=1S/C16H24N2O2/c1-11-8-9-13(10-15(11)17-12(2)19)18-14-6-4-5-7-16(14)20-3/h8-10,14,16,18H,4-7H2,1-3H3,(H,17,19). The Balaban J connectivity index is 2.10. The molecule has 1 aliphatic carbocycles. The molecule has 0 bridgehead atoms. The number of carbonyl (C=O) groups excluding carboxylic acids is 1. The van der Waals surface area contributed by atoms with E-state index >= 15 is 0 Å². The highest BCUT2D eigenvalue weighted by Gasteiger charge is 2.24. The number of aryl methyl sites for hydroxylation is 1. The Kier molecular flexibility index (Phi) is 5.01. The molecule has 2 unspecified atom stereocenters. The Morgan fingerprint density at radius 2 is 2.05 bits per heavy atom. The maximum Gasteiger partial charge on any atom is 0.221 e. The minimum Gasteiger partial charge on any atom is -0.380 e. The molecule has 0 heterocycles. The first kappa shape index (κ1) is 14.9. The number of carbonyl (C=O) groups is 1. The zero-order valence-corrected chi connectivity index (χ0v) is 12.5. The lowest BCUT2D eigenvalue weighted by Gasteiger charge is -2.32. The second-order valence-corrected chi connectivity index (χ2v) is 5.52. The predicted molar refractivity (Wildman–Crippen MR) is 82.2 cm³/mol. The van der Waals surface area contributed by atoms with Gasteiger partial charge in [-0.05, 0) is 37.5 Å². The highest BCUT2D eigenvalue weighted by atomic mass is 16.5. The quantitative estimate of drug-likeness (QED) is 0.887. The van der Waals surface area contributed by atoms with Gasteiger partial charge in [0, 0.05) is 25.4 Å². The monoisotopic (exact) mass is 276 g/mol. The van der Waals surface area contributed by atoms with E-state index in [9.17, 15) is 4.79 Å². The summed E-state index contributed by atoms with van der Waals surface area (Å²) in [5.41, 5.74) is 2.97. The van der Waals surface area contributed by atoms with Gasteiger partial charge in [0.25, 0.3) is 0 Å². The molecule has 4 nitrogen and oxygen atoms in total. The number of nitrogens with one attached hydrogen (secondary N) is 2. The first-order chi connectivity index (χ1) is 9.60. The molecular formula is C16H24N2O2. The number of hydrogen-bond acceptors (Lipinski definition) is 3. The van der Waals surface area contributed by atoms with E-state index in [1.54, 1.807) is 7.11 Å². The molecule has 1 amide bonds. The second kappa shape index (κ2) is 6.75. The van der Waals surface area contributed by atoms with Crippen molar-refractivity contribution in [2.24, 2.45) is 0 Å². The molecule has 2 N–H and O–H groups in total. The molecule has 4 heteroatoms. The molecule has 0 aliphatic heterocycles. The fourth-order valence-electron chi connectivity index (χ4n) is 2.79. The molecule has 0 radical (unpaired) electrons. The van der Waals surface area contributed by atoms with Gasteiger partial charge in [-0.2, -0.15) is 0 Å². The van der Waals surface area contributed by atoms with Crippen molar-refractivity contribution in [1.29, 1.82) is 0 Å². The zero-order valence-electron chi connectivity index (χ0n) is 12.5. The van der Waals surface area contributed by atoms with Crippen LogP contribution in [0.25, 0.3) is 0 Å². The fourth-order valence-corrected chi connectivity index (χ4v) is 2.79. The molecule has 1 aromatic rings. The lowest BCUT2D eigenvalue weighted by molar-refractivity contribution is -0.114. The van der Waals surface area contributed by atoms with Crippen LogP contribution >= 0.6 is 0 Å². The van der Waals surface area contributed by atoms with Gasteiger partial charge in [0.1, 0.15) is 0 Å². The predicted octanol–water partition coefficient (Wildman–Crippen LogP) is 3.32. The molecule has 1 aliphatic rings. The number of ether oxygens (including phenoxy) is 1. The summed E-state index contributed by atoms with van der Waals surface area (Å²) in [5.74, 6) is -0.0438. The molecule has 1 aromatic carbocycles. The molecule has 20 heavy (non-hydrogen) atoms. The summed E-state index contributed by atoms with van der Waals surface area (Å²) >= 11 is 0. The third kappa shape index (κ3) is 3.73. The van der Waals surface area contributed by atoms with Crippen LogP contribution in [0.15, 0.2) is 18.2 Å². The van der Waals surface area contributed by atoms with Gasteiger partial charge < -0.3 is 15.4 Å². The van der Waals surface area contributed by atoms with E-state index < -0.39 is 0 Å². The van der Waals surface area contributed by atoms with Gasteiger partial charge in [0.05, 0.1) is 12.1 Å². The van der Waals surface area contributed by atoms with Gasteiger partial charge in [0.15, 0.2) is 0 Å². The third-order valence-corrected chi connectivity index (χ3v) is 3.91. The van der Waals surface area contributed by atoms with Crippen molar-refractivity contribution in [3.05, 3.63) is 23.8 Å². The van der Waals surface area contributed by atoms with Crippen LogP contribution < -0.4 is 10.6 Å². The second-order valence-electron chi connectivity index (χ2n) is 5.52. The van der Waals surface area contributed by atoms with Crippen LogP contribution in [0, 0.1) is 6.92 Å². The van der Waals surface area contributed by atoms with Crippen LogP contribution in [0.5, 0.6) is 0 Å². The lowest BCUT2D eigenvalue weighted by Crippen LogP contribution is -2.37. The summed E-state index contributed by atoms with van der Waals surface area (Å²) in [5, 5.41) is 6.41. The topological polar surface area (TPSA) is 50.4 Å². The number of rotatable bonds is 4. The van der Waals surface area contributed by atoms with Crippen molar-refractivity contribution in [3.8, 4) is 0 Å². The van der Waals surface area contributed by atoms with Crippen molar-refractivity contribution in [2.45, 2.75) is 51.7 Å². The average Bonchev–Trinajstić information content (AvgIpc) is 2.42. The highest BCUT2D eigenvalue weighted by Crippen LogP contribution is 2.26. The Labute approximate surface area is 120 Å². The van der Waals surface area contributed by atoms with Crippen LogP contribution in [-0.4, -0.2) is 25.2 Å². The van der Waals surface area contributed by atoms with E-state index in [0.29, 0.717) is 6.04 Å². The normalized spacial score (nSPS) is 22.4. The minimum atomic E-state index is -0.0438. The maximum atomic E-state index is 11.2. The van der Waals surface area contributed by atoms with Gasteiger partial charge in [-0.1, -0.05) is 18.9 Å². The van der Waals surface area contributed by atoms with Crippen LogP contribution in [0.4, 0.5) is 11.4 Å². The highest BCUT2D eigenvalue weighted by molar-refractivity contribution is 5.90. The van der Waals surface area contributed by atoms with Gasteiger partial charge in [-0.25, -0.2) is 0 Å². The summed E-state index contributed by atoms with van der Waals surface area (Å²) < 4.78 is 5.56. The van der Waals surface area contributed by atoms with E-state index in [1.165, 1.54) is 19.8 Å². The minimum absolute atomic E-state index is 0.0438. The number of amides is 1. The van der Waals surface area contributed by atoms with Crippen LogP contribution in [-0.2, 0) is 9.53 Å². The first-order valence-corrected chi connectivity index (χ1v) is 7.27. The van der Waals surface area contributed by atoms with Crippen molar-refractivity contribution in [3.63, 3.8) is 0 Å². The van der Waals surface area contributed by atoms with E-state index in [1.807, 2.05) is 19.1 Å². The Morgan fingerprint density at radius 1 is 1.30 bits per heavy atom. The molecule has 2 atom stereocenters. The van der Waals surface area contributed by atoms with Crippen molar-refractivity contribution >= 4 is 17.3 Å². The SMILES string of the molecule is COC1CCCCC1Nc1ccc(C)c(NC(C)=O)c1. The molecule has 2 rings (SSSR count). The summed E-state index contributed by atoms with van der Waals surface area (Å²) in [7, 11) is 1.78. The van der Waals surface area contributed by atoms with E-state index in [-0.39, 0.29) is 12.0 Å². The number of hydrogen-bond donors (Lipinski definition) is 2. The summed E-state index contributed by atoms with van der Waals surface area (Å²) in [6, 6.07) is 6.43. The first-order valence-electron chi connectivity index (χ1n) is 7.27. The summed E-state index contributed by atoms with van der Waals surface area (Å²) in [6.45, 7) is 3.52. The van der Waals surface area contributed by atoms with Crippen molar-refractivity contribution in [2.75, 3.05) is 17.7 Å². The largest absolute Gasteiger partial charge is 0.380 e. The average molecular weight is 276 g/mol. The molecule has 0 aromatic heterocycles.